The molecule has 1 aromatic rings. The number of ketones is 2. The first-order valence-electron chi connectivity index (χ1n) is 9.58. The van der Waals surface area contributed by atoms with Crippen molar-refractivity contribution in [1.29, 1.82) is 0 Å². The highest BCUT2D eigenvalue weighted by Gasteiger charge is 2.48. The van der Waals surface area contributed by atoms with E-state index in [-0.39, 0.29) is 23.1 Å². The number of Topliss-reactive ketones (excluding diaryl/α,β-unsaturated/α-hetero) is 2. The molecule has 0 aromatic heterocycles. The maximum Gasteiger partial charge on any atom is 0.150 e. The lowest BCUT2D eigenvalue weighted by molar-refractivity contribution is -0.137. The number of benzene rings is 1. The van der Waals surface area contributed by atoms with Gasteiger partial charge in [0.05, 0.1) is 11.5 Å². The van der Waals surface area contributed by atoms with Crippen LogP contribution in [0.3, 0.4) is 0 Å². The van der Waals surface area contributed by atoms with Crippen LogP contribution in [0.15, 0.2) is 12.1 Å². The van der Waals surface area contributed by atoms with E-state index in [0.717, 1.165) is 35.1 Å². The van der Waals surface area contributed by atoms with Crippen molar-refractivity contribution in [2.24, 2.45) is 5.41 Å². The number of carbonyl (C=O) groups is 2. The highest BCUT2D eigenvalue weighted by Crippen LogP contribution is 2.47. The maximum atomic E-state index is 13.1. The van der Waals surface area contributed by atoms with Crippen molar-refractivity contribution in [3.05, 3.63) is 34.4 Å². The molecule has 1 saturated heterocycles. The molecule has 2 aliphatic rings. The second-order valence-corrected chi connectivity index (χ2v) is 10.4. The number of hydrogen-bond acceptors (Lipinski definition) is 4. The Morgan fingerprint density at radius 1 is 0.962 bits per heavy atom. The van der Waals surface area contributed by atoms with Gasteiger partial charge >= 0.3 is 0 Å². The standard InChI is InChI=1S/C21H28O4S/c1-4-15-10-14(3)11-16(5-2)19(15)20-17(22)12-21(13-18(20)23)6-8-26(24,25)9-7-21/h10-11,20H,4-9,12-13H2,1-3H3. The maximum absolute atomic E-state index is 13.1. The molecule has 0 atom stereocenters. The molecule has 0 N–H and O–H groups in total. The average Bonchev–Trinajstić information content (AvgIpc) is 2.58. The van der Waals surface area contributed by atoms with Gasteiger partial charge in [-0.2, -0.15) is 0 Å². The molecule has 0 radical (unpaired) electrons. The highest BCUT2D eigenvalue weighted by molar-refractivity contribution is 7.91. The summed E-state index contributed by atoms with van der Waals surface area (Å²) in [6.07, 6.45) is 3.14. The van der Waals surface area contributed by atoms with E-state index in [9.17, 15) is 18.0 Å². The molecular weight excluding hydrogens is 348 g/mol. The van der Waals surface area contributed by atoms with Crippen molar-refractivity contribution in [2.45, 2.75) is 65.2 Å². The Morgan fingerprint density at radius 2 is 1.42 bits per heavy atom. The fourth-order valence-electron chi connectivity index (χ4n) is 4.74. The quantitative estimate of drug-likeness (QED) is 0.759. The molecule has 1 aromatic carbocycles. The Bertz CT molecular complexity index is 792. The summed E-state index contributed by atoms with van der Waals surface area (Å²) < 4.78 is 23.5. The number of carbonyl (C=O) groups excluding carboxylic acids is 2. The molecule has 3 rings (SSSR count). The minimum atomic E-state index is -3.01. The van der Waals surface area contributed by atoms with Crippen LogP contribution in [0.25, 0.3) is 0 Å². The van der Waals surface area contributed by atoms with Crippen LogP contribution in [0, 0.1) is 12.3 Å². The second-order valence-electron chi connectivity index (χ2n) is 8.07. The van der Waals surface area contributed by atoms with Gasteiger partial charge in [-0.25, -0.2) is 8.42 Å². The van der Waals surface area contributed by atoms with E-state index in [4.69, 9.17) is 0 Å². The molecule has 0 amide bonds. The summed E-state index contributed by atoms with van der Waals surface area (Å²) in [6.45, 7) is 6.16. The van der Waals surface area contributed by atoms with E-state index in [1.54, 1.807) is 0 Å². The minimum absolute atomic E-state index is 0.0196. The lowest BCUT2D eigenvalue weighted by Gasteiger charge is -2.41. The van der Waals surface area contributed by atoms with Crippen molar-refractivity contribution < 1.29 is 18.0 Å². The molecule has 1 saturated carbocycles. The molecule has 1 aliphatic heterocycles. The van der Waals surface area contributed by atoms with E-state index in [1.165, 1.54) is 0 Å². The number of sulfone groups is 1. The van der Waals surface area contributed by atoms with Crippen molar-refractivity contribution in [3.8, 4) is 0 Å². The fourth-order valence-corrected chi connectivity index (χ4v) is 6.43. The molecule has 142 valence electrons. The van der Waals surface area contributed by atoms with E-state index >= 15 is 0 Å². The topological polar surface area (TPSA) is 68.3 Å². The minimum Gasteiger partial charge on any atom is -0.299 e. The summed E-state index contributed by atoms with van der Waals surface area (Å²) >= 11 is 0. The largest absolute Gasteiger partial charge is 0.299 e. The highest BCUT2D eigenvalue weighted by atomic mass is 32.2. The molecule has 1 spiro atoms. The summed E-state index contributed by atoms with van der Waals surface area (Å²) in [5.41, 5.74) is 3.84. The third-order valence-corrected chi connectivity index (χ3v) is 7.83. The lowest BCUT2D eigenvalue weighted by atomic mass is 9.64. The molecular formula is C21H28O4S. The van der Waals surface area contributed by atoms with E-state index in [1.807, 2.05) is 6.92 Å². The first-order chi connectivity index (χ1) is 12.2. The summed E-state index contributed by atoms with van der Waals surface area (Å²) in [7, 11) is -3.01. The van der Waals surface area contributed by atoms with E-state index < -0.39 is 21.2 Å². The molecule has 1 aliphatic carbocycles. The smallest absolute Gasteiger partial charge is 0.150 e. The zero-order valence-corrected chi connectivity index (χ0v) is 16.7. The molecule has 0 unspecified atom stereocenters. The van der Waals surface area contributed by atoms with Gasteiger partial charge in [0.25, 0.3) is 0 Å². The van der Waals surface area contributed by atoms with Gasteiger partial charge in [0.1, 0.15) is 27.3 Å². The fraction of sp³-hybridized carbons (Fsp3) is 0.619. The summed E-state index contributed by atoms with van der Waals surface area (Å²) in [4.78, 5) is 26.2. The van der Waals surface area contributed by atoms with Gasteiger partial charge < -0.3 is 0 Å². The number of aryl methyl sites for hydroxylation is 3. The number of hydrogen-bond donors (Lipinski definition) is 0. The average molecular weight is 377 g/mol. The van der Waals surface area contributed by atoms with Crippen LogP contribution in [0.2, 0.25) is 0 Å². The van der Waals surface area contributed by atoms with Crippen LogP contribution in [0.5, 0.6) is 0 Å². The van der Waals surface area contributed by atoms with Gasteiger partial charge in [-0.1, -0.05) is 31.5 Å². The van der Waals surface area contributed by atoms with Gasteiger partial charge in [0.2, 0.25) is 0 Å². The molecule has 26 heavy (non-hydrogen) atoms. The SMILES string of the molecule is CCc1cc(C)cc(CC)c1C1C(=O)CC2(CCS(=O)(=O)CC2)CC1=O. The molecule has 1 heterocycles. The van der Waals surface area contributed by atoms with Crippen molar-refractivity contribution in [2.75, 3.05) is 11.5 Å². The number of rotatable bonds is 3. The van der Waals surface area contributed by atoms with Gasteiger partial charge in [0.15, 0.2) is 0 Å². The van der Waals surface area contributed by atoms with E-state index in [2.05, 4.69) is 26.0 Å². The monoisotopic (exact) mass is 376 g/mol. The molecule has 4 nitrogen and oxygen atoms in total. The van der Waals surface area contributed by atoms with Gasteiger partial charge in [-0.05, 0) is 54.7 Å². The van der Waals surface area contributed by atoms with Gasteiger partial charge in [-0.15, -0.1) is 0 Å². The van der Waals surface area contributed by atoms with Crippen molar-refractivity contribution in [1.82, 2.24) is 0 Å². The Balaban J connectivity index is 1.95. The first kappa shape index (κ1) is 19.3. The summed E-state index contributed by atoms with van der Waals surface area (Å²) in [5, 5.41) is 0. The molecule has 5 heteroatoms. The Morgan fingerprint density at radius 3 is 1.85 bits per heavy atom. The van der Waals surface area contributed by atoms with Crippen molar-refractivity contribution in [3.63, 3.8) is 0 Å². The normalized spacial score (nSPS) is 22.7. The third kappa shape index (κ3) is 3.51. The molecule has 0 bridgehead atoms. The molecule has 2 fully saturated rings. The Labute approximate surface area is 156 Å². The van der Waals surface area contributed by atoms with E-state index in [0.29, 0.717) is 25.7 Å². The zero-order chi connectivity index (χ0) is 19.1. The zero-order valence-electron chi connectivity index (χ0n) is 15.9. The van der Waals surface area contributed by atoms with Crippen LogP contribution >= 0.6 is 0 Å². The van der Waals surface area contributed by atoms with Crippen molar-refractivity contribution >= 4 is 21.4 Å². The van der Waals surface area contributed by atoms with Crippen LogP contribution in [0.1, 0.15) is 67.7 Å². The predicted octanol–water partition coefficient (Wildman–Crippen LogP) is 3.33. The van der Waals surface area contributed by atoms with Crippen LogP contribution < -0.4 is 0 Å². The predicted molar refractivity (Wildman–Crippen MR) is 102 cm³/mol. The van der Waals surface area contributed by atoms with Gasteiger partial charge in [0, 0.05) is 12.8 Å². The Hall–Kier alpha value is -1.49. The summed E-state index contributed by atoms with van der Waals surface area (Å²) in [6, 6.07) is 4.18. The second kappa shape index (κ2) is 6.91. The van der Waals surface area contributed by atoms with Crippen LogP contribution in [0.4, 0.5) is 0 Å². The van der Waals surface area contributed by atoms with Crippen LogP contribution in [-0.4, -0.2) is 31.5 Å². The Kier molecular flexibility index (Phi) is 5.13. The summed E-state index contributed by atoms with van der Waals surface area (Å²) in [5.74, 6) is -0.501. The lowest BCUT2D eigenvalue weighted by Crippen LogP contribution is -2.44. The van der Waals surface area contributed by atoms with Gasteiger partial charge in [-0.3, -0.25) is 9.59 Å². The first-order valence-corrected chi connectivity index (χ1v) is 11.4. The van der Waals surface area contributed by atoms with Crippen LogP contribution in [-0.2, 0) is 32.3 Å². The third-order valence-electron chi connectivity index (χ3n) is 6.18.